The van der Waals surface area contributed by atoms with Crippen molar-refractivity contribution in [1.29, 1.82) is 0 Å². The molecule has 0 saturated heterocycles. The summed E-state index contributed by atoms with van der Waals surface area (Å²) >= 11 is 0.813. The van der Waals surface area contributed by atoms with E-state index >= 15 is 0 Å². The van der Waals surface area contributed by atoms with Crippen molar-refractivity contribution in [2.75, 3.05) is 16.4 Å². The molecule has 3 N–H and O–H groups in total. The second-order valence-electron chi connectivity index (χ2n) is 9.61. The number of nitrogens with one attached hydrogen (secondary N) is 3. The first-order chi connectivity index (χ1) is 21.7. The van der Waals surface area contributed by atoms with E-state index < -0.39 is 64.2 Å². The minimum Gasteiger partial charge on any atom is -0.321 e. The first-order valence-corrected chi connectivity index (χ1v) is 14.1. The van der Waals surface area contributed by atoms with Crippen LogP contribution in [0.2, 0.25) is 0 Å². The van der Waals surface area contributed by atoms with Crippen molar-refractivity contribution in [2.24, 2.45) is 0 Å². The van der Waals surface area contributed by atoms with E-state index in [4.69, 9.17) is 0 Å². The Labute approximate surface area is 261 Å². The summed E-state index contributed by atoms with van der Waals surface area (Å²) in [4.78, 5) is 38.6. The van der Waals surface area contributed by atoms with Crippen LogP contribution in [0.3, 0.4) is 0 Å². The Hall–Kier alpha value is -5.11. The third kappa shape index (κ3) is 8.33. The van der Waals surface area contributed by atoms with Crippen molar-refractivity contribution in [3.05, 3.63) is 130 Å². The number of carbonyl (C=O) groups excluding carboxylic acids is 3. The van der Waals surface area contributed by atoms with E-state index in [2.05, 4.69) is 10.6 Å². The molecule has 0 atom stereocenters. The largest absolute Gasteiger partial charge is 0.422 e. The lowest BCUT2D eigenvalue weighted by atomic mass is 10.1. The molecule has 0 aliphatic rings. The van der Waals surface area contributed by atoms with Crippen molar-refractivity contribution in [2.45, 2.75) is 18.0 Å². The summed E-state index contributed by atoms with van der Waals surface area (Å²) in [6.07, 6.45) is -4.21. The number of alkyl halides is 3. The molecule has 4 rings (SSSR count). The lowest BCUT2D eigenvalue weighted by Crippen LogP contribution is -2.30. The lowest BCUT2D eigenvalue weighted by Gasteiger charge is -2.14. The SMILES string of the molecule is Cc1ccc(/C=C(\NC(=O)c2ccccc2)C(=O)Nc2ccc(SCC(=O)Nc3c(F)c(F)c(C(F)(F)F)c(F)c3F)cc2)cc1. The van der Waals surface area contributed by atoms with Gasteiger partial charge in [0.25, 0.3) is 11.8 Å². The van der Waals surface area contributed by atoms with Gasteiger partial charge in [-0.25, -0.2) is 17.6 Å². The lowest BCUT2D eigenvalue weighted by molar-refractivity contribution is -0.143. The molecule has 4 aromatic carbocycles. The number of carbonyl (C=O) groups is 3. The molecule has 0 radical (unpaired) electrons. The average Bonchev–Trinajstić information content (AvgIpc) is 3.02. The molecule has 14 heteroatoms. The minimum absolute atomic E-state index is 0.0524. The number of amides is 3. The highest BCUT2D eigenvalue weighted by atomic mass is 32.2. The van der Waals surface area contributed by atoms with E-state index in [1.165, 1.54) is 30.3 Å². The number of thioether (sulfide) groups is 1. The van der Waals surface area contributed by atoms with Crippen LogP contribution in [0.4, 0.5) is 42.1 Å². The Kier molecular flexibility index (Phi) is 10.5. The van der Waals surface area contributed by atoms with Gasteiger partial charge in [-0.1, -0.05) is 48.0 Å². The Morgan fingerprint density at radius 1 is 0.761 bits per heavy atom. The van der Waals surface area contributed by atoms with Gasteiger partial charge in [0.2, 0.25) is 5.91 Å². The van der Waals surface area contributed by atoms with Crippen LogP contribution in [-0.2, 0) is 15.8 Å². The summed E-state index contributed by atoms with van der Waals surface area (Å²) in [6, 6.07) is 21.3. The van der Waals surface area contributed by atoms with E-state index in [0.717, 1.165) is 17.3 Å². The minimum atomic E-state index is -5.71. The Bertz CT molecular complexity index is 1770. The number of benzene rings is 4. The Balaban J connectivity index is 1.42. The zero-order valence-corrected chi connectivity index (χ0v) is 24.4. The van der Waals surface area contributed by atoms with E-state index in [9.17, 15) is 45.1 Å². The molecule has 238 valence electrons. The van der Waals surface area contributed by atoms with Crippen molar-refractivity contribution in [3.8, 4) is 0 Å². The zero-order chi connectivity index (χ0) is 33.6. The van der Waals surface area contributed by atoms with Crippen molar-refractivity contribution < 1.29 is 45.1 Å². The predicted molar refractivity (Wildman–Crippen MR) is 159 cm³/mol. The van der Waals surface area contributed by atoms with Crippen molar-refractivity contribution in [3.63, 3.8) is 0 Å². The predicted octanol–water partition coefficient (Wildman–Crippen LogP) is 7.71. The maximum Gasteiger partial charge on any atom is 0.422 e. The van der Waals surface area contributed by atoms with Crippen LogP contribution in [0, 0.1) is 30.2 Å². The second-order valence-corrected chi connectivity index (χ2v) is 10.7. The Morgan fingerprint density at radius 2 is 1.35 bits per heavy atom. The number of halogens is 7. The number of rotatable bonds is 9. The molecule has 0 aromatic heterocycles. The van der Waals surface area contributed by atoms with Gasteiger partial charge in [-0.05, 0) is 55.0 Å². The summed E-state index contributed by atoms with van der Waals surface area (Å²) in [6.45, 7) is 1.90. The first-order valence-electron chi connectivity index (χ1n) is 13.2. The molecule has 0 bridgehead atoms. The standard InChI is InChI=1S/C32H22F7N3O3S/c1-17-7-9-18(10-8-17)15-22(41-30(44)19-5-3-2-4-6-19)31(45)40-20-11-13-21(14-12-20)46-16-23(43)42-29-27(35)25(33)24(32(37,38)39)26(34)28(29)36/h2-15H,16H2,1H3,(H,40,45)(H,41,44)(H,42,43)/b22-15-. The van der Waals surface area contributed by atoms with E-state index in [1.807, 2.05) is 19.1 Å². The summed E-state index contributed by atoms with van der Waals surface area (Å²) in [5.41, 5.74) is -2.23. The molecule has 0 heterocycles. The molecule has 46 heavy (non-hydrogen) atoms. The van der Waals surface area contributed by atoms with Crippen molar-refractivity contribution >= 4 is 46.9 Å². The molecule has 6 nitrogen and oxygen atoms in total. The van der Waals surface area contributed by atoms with Crippen LogP contribution in [-0.4, -0.2) is 23.5 Å². The fourth-order valence-corrected chi connectivity index (χ4v) is 4.62. The molecule has 0 spiro atoms. The highest BCUT2D eigenvalue weighted by molar-refractivity contribution is 8.00. The van der Waals surface area contributed by atoms with E-state index in [1.54, 1.807) is 47.8 Å². The van der Waals surface area contributed by atoms with Gasteiger partial charge in [0.15, 0.2) is 23.3 Å². The van der Waals surface area contributed by atoms with E-state index in [-0.39, 0.29) is 5.70 Å². The van der Waals surface area contributed by atoms with Crippen LogP contribution in [0.1, 0.15) is 27.0 Å². The summed E-state index contributed by atoms with van der Waals surface area (Å²) in [7, 11) is 0. The third-order valence-electron chi connectivity index (χ3n) is 6.21. The van der Waals surface area contributed by atoms with Gasteiger partial charge in [-0.2, -0.15) is 13.2 Å². The number of anilines is 2. The normalized spacial score (nSPS) is 11.6. The van der Waals surface area contributed by atoms with Gasteiger partial charge in [-0.15, -0.1) is 11.8 Å². The van der Waals surface area contributed by atoms with Crippen LogP contribution in [0.5, 0.6) is 0 Å². The Morgan fingerprint density at radius 3 is 1.91 bits per heavy atom. The monoisotopic (exact) mass is 661 g/mol. The van der Waals surface area contributed by atoms with Gasteiger partial charge in [0, 0.05) is 16.1 Å². The highest BCUT2D eigenvalue weighted by Gasteiger charge is 2.42. The first kappa shape index (κ1) is 33.8. The summed E-state index contributed by atoms with van der Waals surface area (Å²) < 4.78 is 94.2. The molecule has 0 unspecified atom stereocenters. The molecular weight excluding hydrogens is 639 g/mol. The number of aryl methyl sites for hydroxylation is 1. The maximum absolute atomic E-state index is 14.1. The molecule has 3 amide bonds. The van der Waals surface area contributed by atoms with Gasteiger partial charge in [0.05, 0.1) is 5.75 Å². The van der Waals surface area contributed by atoms with Crippen LogP contribution >= 0.6 is 11.8 Å². The maximum atomic E-state index is 14.1. The zero-order valence-electron chi connectivity index (χ0n) is 23.6. The van der Waals surface area contributed by atoms with Crippen molar-refractivity contribution in [1.82, 2.24) is 5.32 Å². The molecular formula is C32H22F7N3O3S. The van der Waals surface area contributed by atoms with E-state index in [0.29, 0.717) is 21.7 Å². The summed E-state index contributed by atoms with van der Waals surface area (Å²) in [5.74, 6) is -13.1. The molecule has 0 saturated carbocycles. The highest BCUT2D eigenvalue weighted by Crippen LogP contribution is 2.38. The van der Waals surface area contributed by atoms with Crippen LogP contribution in [0.15, 0.2) is 89.5 Å². The molecule has 0 fully saturated rings. The third-order valence-corrected chi connectivity index (χ3v) is 7.22. The quantitative estimate of drug-likeness (QED) is 0.0743. The van der Waals surface area contributed by atoms with Crippen LogP contribution in [0.25, 0.3) is 6.08 Å². The fraction of sp³-hybridized carbons (Fsp3) is 0.0938. The van der Waals surface area contributed by atoms with Gasteiger partial charge in [0.1, 0.15) is 16.9 Å². The van der Waals surface area contributed by atoms with Gasteiger partial charge >= 0.3 is 6.18 Å². The molecule has 0 aliphatic heterocycles. The van der Waals surface area contributed by atoms with Gasteiger partial charge in [-0.3, -0.25) is 14.4 Å². The number of hydrogen-bond donors (Lipinski definition) is 3. The average molecular weight is 662 g/mol. The molecule has 4 aromatic rings. The smallest absolute Gasteiger partial charge is 0.321 e. The fourth-order valence-electron chi connectivity index (χ4n) is 3.92. The summed E-state index contributed by atoms with van der Waals surface area (Å²) in [5, 5.41) is 6.81. The topological polar surface area (TPSA) is 87.3 Å². The van der Waals surface area contributed by atoms with Crippen LogP contribution < -0.4 is 16.0 Å². The second kappa shape index (κ2) is 14.3. The number of hydrogen-bond acceptors (Lipinski definition) is 4. The molecule has 0 aliphatic carbocycles. The van der Waals surface area contributed by atoms with Gasteiger partial charge < -0.3 is 16.0 Å².